The van der Waals surface area contributed by atoms with E-state index in [4.69, 9.17) is 14.2 Å². The number of anilines is 1. The summed E-state index contributed by atoms with van der Waals surface area (Å²) in [4.78, 5) is 29.9. The van der Waals surface area contributed by atoms with Gasteiger partial charge in [0, 0.05) is 13.1 Å². The van der Waals surface area contributed by atoms with Crippen molar-refractivity contribution in [2.45, 2.75) is 31.5 Å². The lowest BCUT2D eigenvalue weighted by atomic mass is 10.1. The molecule has 1 fully saturated rings. The fraction of sp³-hybridized carbons (Fsp3) is 0.391. The van der Waals surface area contributed by atoms with Crippen LogP contribution in [0.5, 0.6) is 17.2 Å². The van der Waals surface area contributed by atoms with Crippen molar-refractivity contribution in [2.75, 3.05) is 31.1 Å². The summed E-state index contributed by atoms with van der Waals surface area (Å²) < 4.78 is 17.7. The number of carbonyl (C=O) groups is 2. The predicted octanol–water partition coefficient (Wildman–Crippen LogP) is 2.63. The Morgan fingerprint density at radius 1 is 0.767 bits per heavy atom. The molecule has 156 valence electrons. The Balaban J connectivity index is 1.39. The van der Waals surface area contributed by atoms with Crippen molar-refractivity contribution in [3.8, 4) is 17.2 Å². The molecule has 0 bridgehead atoms. The van der Waals surface area contributed by atoms with Gasteiger partial charge in [0.05, 0.1) is 12.2 Å². The smallest absolute Gasteiger partial charge is 0.271 e. The maximum atomic E-state index is 13.4. The highest BCUT2D eigenvalue weighted by atomic mass is 16.6. The SMILES string of the molecule is O=C(C1CN(C(=O)C2COc3ccccc3O2)c2ccccc2O1)N1CCCCC1. The van der Waals surface area contributed by atoms with Crippen molar-refractivity contribution < 1.29 is 23.8 Å². The number of benzene rings is 2. The van der Waals surface area contributed by atoms with Crippen molar-refractivity contribution >= 4 is 17.5 Å². The second kappa shape index (κ2) is 7.89. The number of para-hydroxylation sites is 4. The minimum Gasteiger partial charge on any atom is -0.485 e. The lowest BCUT2D eigenvalue weighted by molar-refractivity contribution is -0.140. The third-order valence-corrected chi connectivity index (χ3v) is 5.77. The van der Waals surface area contributed by atoms with Crippen LogP contribution in [0.25, 0.3) is 0 Å². The summed E-state index contributed by atoms with van der Waals surface area (Å²) in [5.74, 6) is 1.40. The molecule has 2 unspecified atom stereocenters. The number of piperidine rings is 1. The Morgan fingerprint density at radius 2 is 1.43 bits per heavy atom. The molecule has 7 heteroatoms. The molecule has 2 atom stereocenters. The maximum absolute atomic E-state index is 13.4. The number of likely N-dealkylation sites (tertiary alicyclic amines) is 1. The van der Waals surface area contributed by atoms with E-state index < -0.39 is 12.2 Å². The molecule has 0 spiro atoms. The number of rotatable bonds is 2. The van der Waals surface area contributed by atoms with Gasteiger partial charge < -0.3 is 24.0 Å². The van der Waals surface area contributed by atoms with E-state index in [1.165, 1.54) is 0 Å². The first-order valence-electron chi connectivity index (χ1n) is 10.4. The standard InChI is InChI=1S/C23H24N2O5/c26-22(24-12-6-1-7-13-24)20-14-25(16-8-2-3-9-17(16)29-20)23(27)21-15-28-18-10-4-5-11-19(18)30-21/h2-5,8-11,20-21H,1,6-7,12-15H2. The Morgan fingerprint density at radius 3 is 2.23 bits per heavy atom. The zero-order valence-electron chi connectivity index (χ0n) is 16.7. The molecular weight excluding hydrogens is 384 g/mol. The van der Waals surface area contributed by atoms with Crippen LogP contribution in [0.3, 0.4) is 0 Å². The van der Waals surface area contributed by atoms with E-state index in [1.807, 2.05) is 41.3 Å². The van der Waals surface area contributed by atoms with E-state index in [9.17, 15) is 9.59 Å². The molecule has 5 rings (SSSR count). The van der Waals surface area contributed by atoms with Gasteiger partial charge in [-0.25, -0.2) is 0 Å². The maximum Gasteiger partial charge on any atom is 0.271 e. The first-order chi connectivity index (χ1) is 14.7. The molecule has 0 radical (unpaired) electrons. The molecule has 30 heavy (non-hydrogen) atoms. The van der Waals surface area contributed by atoms with Gasteiger partial charge in [0.15, 0.2) is 17.6 Å². The average molecular weight is 408 g/mol. The zero-order chi connectivity index (χ0) is 20.5. The van der Waals surface area contributed by atoms with Crippen LogP contribution in [0, 0.1) is 0 Å². The van der Waals surface area contributed by atoms with Crippen LogP contribution in [-0.2, 0) is 9.59 Å². The molecule has 1 saturated heterocycles. The topological polar surface area (TPSA) is 68.3 Å². The van der Waals surface area contributed by atoms with Crippen LogP contribution in [-0.4, -0.2) is 55.2 Å². The highest BCUT2D eigenvalue weighted by Crippen LogP contribution is 2.36. The van der Waals surface area contributed by atoms with Gasteiger partial charge in [0.25, 0.3) is 11.8 Å². The van der Waals surface area contributed by atoms with Gasteiger partial charge in [0.2, 0.25) is 6.10 Å². The second-order valence-electron chi connectivity index (χ2n) is 7.77. The molecule has 3 aliphatic heterocycles. The lowest BCUT2D eigenvalue weighted by Crippen LogP contribution is -2.56. The quantitative estimate of drug-likeness (QED) is 0.764. The molecule has 0 saturated carbocycles. The van der Waals surface area contributed by atoms with E-state index in [0.717, 1.165) is 32.4 Å². The summed E-state index contributed by atoms with van der Waals surface area (Å²) in [6.45, 7) is 1.77. The van der Waals surface area contributed by atoms with Crippen LogP contribution in [0.2, 0.25) is 0 Å². The fourth-order valence-electron chi connectivity index (χ4n) is 4.20. The van der Waals surface area contributed by atoms with Crippen molar-refractivity contribution in [3.63, 3.8) is 0 Å². The van der Waals surface area contributed by atoms with Crippen LogP contribution in [0.1, 0.15) is 19.3 Å². The highest BCUT2D eigenvalue weighted by Gasteiger charge is 2.40. The summed E-state index contributed by atoms with van der Waals surface area (Å²) in [6.07, 6.45) is 1.65. The van der Waals surface area contributed by atoms with Crippen LogP contribution in [0.4, 0.5) is 5.69 Å². The minimum absolute atomic E-state index is 0.0619. The number of hydrogen-bond acceptors (Lipinski definition) is 5. The van der Waals surface area contributed by atoms with Crippen molar-refractivity contribution in [1.82, 2.24) is 4.90 Å². The summed E-state index contributed by atoms with van der Waals surface area (Å²) in [5, 5.41) is 0. The first kappa shape index (κ1) is 18.8. The molecule has 2 aromatic carbocycles. The van der Waals surface area contributed by atoms with E-state index in [-0.39, 0.29) is 25.0 Å². The third kappa shape index (κ3) is 3.44. The molecule has 3 heterocycles. The first-order valence-corrected chi connectivity index (χ1v) is 10.4. The van der Waals surface area contributed by atoms with E-state index >= 15 is 0 Å². The molecule has 0 N–H and O–H groups in total. The summed E-state index contributed by atoms with van der Waals surface area (Å²) >= 11 is 0. The number of carbonyl (C=O) groups excluding carboxylic acids is 2. The molecule has 0 aromatic heterocycles. The van der Waals surface area contributed by atoms with Crippen molar-refractivity contribution in [3.05, 3.63) is 48.5 Å². The molecular formula is C23H24N2O5. The van der Waals surface area contributed by atoms with Crippen LogP contribution >= 0.6 is 0 Å². The second-order valence-corrected chi connectivity index (χ2v) is 7.77. The van der Waals surface area contributed by atoms with Crippen molar-refractivity contribution in [2.24, 2.45) is 0 Å². The normalized spacial score (nSPS) is 22.7. The Kier molecular flexibility index (Phi) is 4.94. The van der Waals surface area contributed by atoms with Gasteiger partial charge in [0.1, 0.15) is 12.4 Å². The van der Waals surface area contributed by atoms with Gasteiger partial charge in [-0.2, -0.15) is 0 Å². The largest absolute Gasteiger partial charge is 0.485 e. The number of nitrogens with zero attached hydrogens (tertiary/aromatic N) is 2. The number of hydrogen-bond donors (Lipinski definition) is 0. The molecule has 0 aliphatic carbocycles. The summed E-state index contributed by atoms with van der Waals surface area (Å²) in [5.41, 5.74) is 0.646. The Bertz CT molecular complexity index is 956. The van der Waals surface area contributed by atoms with E-state index in [2.05, 4.69) is 0 Å². The predicted molar refractivity (Wildman–Crippen MR) is 110 cm³/mol. The summed E-state index contributed by atoms with van der Waals surface area (Å²) in [7, 11) is 0. The van der Waals surface area contributed by atoms with Crippen LogP contribution < -0.4 is 19.1 Å². The zero-order valence-corrected chi connectivity index (χ0v) is 16.7. The highest BCUT2D eigenvalue weighted by molar-refractivity contribution is 6.00. The van der Waals surface area contributed by atoms with Crippen molar-refractivity contribution in [1.29, 1.82) is 0 Å². The lowest BCUT2D eigenvalue weighted by Gasteiger charge is -2.38. The van der Waals surface area contributed by atoms with Gasteiger partial charge in [-0.1, -0.05) is 24.3 Å². The van der Waals surface area contributed by atoms with Gasteiger partial charge in [-0.15, -0.1) is 0 Å². The average Bonchev–Trinajstić information content (AvgIpc) is 2.82. The van der Waals surface area contributed by atoms with Gasteiger partial charge in [-0.3, -0.25) is 9.59 Å². The Hall–Kier alpha value is -3.22. The van der Waals surface area contributed by atoms with Crippen LogP contribution in [0.15, 0.2) is 48.5 Å². The fourth-order valence-corrected chi connectivity index (χ4v) is 4.20. The molecule has 2 amide bonds. The summed E-state index contributed by atoms with van der Waals surface area (Å²) in [6, 6.07) is 14.6. The number of fused-ring (bicyclic) bond motifs is 2. The molecule has 3 aliphatic rings. The van der Waals surface area contributed by atoms with E-state index in [1.54, 1.807) is 17.0 Å². The number of amides is 2. The molecule has 7 nitrogen and oxygen atoms in total. The third-order valence-electron chi connectivity index (χ3n) is 5.77. The monoisotopic (exact) mass is 408 g/mol. The minimum atomic E-state index is -0.781. The Labute approximate surface area is 175 Å². The van der Waals surface area contributed by atoms with E-state index in [0.29, 0.717) is 22.9 Å². The van der Waals surface area contributed by atoms with Gasteiger partial charge >= 0.3 is 0 Å². The number of ether oxygens (including phenoxy) is 3. The van der Waals surface area contributed by atoms with Gasteiger partial charge in [-0.05, 0) is 43.5 Å². The molecule has 2 aromatic rings.